The topological polar surface area (TPSA) is 59.4 Å². The van der Waals surface area contributed by atoms with Crippen molar-refractivity contribution in [3.05, 3.63) is 53.9 Å². The number of fused-ring (bicyclic) bond motifs is 1. The van der Waals surface area contributed by atoms with Crippen molar-refractivity contribution >= 4 is 22.8 Å². The van der Waals surface area contributed by atoms with Crippen LogP contribution in [0.25, 0.3) is 11.0 Å². The summed E-state index contributed by atoms with van der Waals surface area (Å²) >= 11 is 0. The molecule has 0 atom stereocenters. The molecule has 0 aliphatic heterocycles. The first kappa shape index (κ1) is 24.1. The highest BCUT2D eigenvalue weighted by molar-refractivity contribution is 5.92. The van der Waals surface area contributed by atoms with Gasteiger partial charge in [0, 0.05) is 37.1 Å². The summed E-state index contributed by atoms with van der Waals surface area (Å²) in [5.41, 5.74) is 4.25. The zero-order chi connectivity index (χ0) is 24.1. The van der Waals surface area contributed by atoms with Crippen molar-refractivity contribution in [1.29, 1.82) is 0 Å². The zero-order valence-electron chi connectivity index (χ0n) is 21.0. The molecule has 0 bridgehead atoms. The second-order valence-corrected chi connectivity index (χ2v) is 9.78. The summed E-state index contributed by atoms with van der Waals surface area (Å²) in [5, 5.41) is 4.07. The molecule has 182 valence electrons. The van der Waals surface area contributed by atoms with Gasteiger partial charge in [0.05, 0.1) is 18.5 Å². The smallest absolute Gasteiger partial charge is 0.321 e. The summed E-state index contributed by atoms with van der Waals surface area (Å²) in [4.78, 5) is 19.0. The van der Waals surface area contributed by atoms with Crippen molar-refractivity contribution < 1.29 is 9.53 Å². The number of anilines is 1. The van der Waals surface area contributed by atoms with Gasteiger partial charge in [-0.05, 0) is 69.4 Å². The maximum Gasteiger partial charge on any atom is 0.321 e. The number of nitrogens with zero attached hydrogens (tertiary/aromatic N) is 3. The predicted molar refractivity (Wildman–Crippen MR) is 139 cm³/mol. The average molecular weight is 463 g/mol. The molecule has 2 heterocycles. The van der Waals surface area contributed by atoms with E-state index in [-0.39, 0.29) is 12.1 Å². The molecular weight excluding hydrogens is 424 g/mol. The van der Waals surface area contributed by atoms with Gasteiger partial charge < -0.3 is 19.5 Å². The number of pyridine rings is 1. The number of urea groups is 1. The molecule has 6 heteroatoms. The molecule has 0 radical (unpaired) electrons. The lowest BCUT2D eigenvalue weighted by molar-refractivity contribution is 0.211. The van der Waals surface area contributed by atoms with Crippen molar-refractivity contribution in [1.82, 2.24) is 14.5 Å². The molecular formula is C28H38N4O2. The monoisotopic (exact) mass is 462 g/mol. The summed E-state index contributed by atoms with van der Waals surface area (Å²) in [6, 6.07) is 12.7. The van der Waals surface area contributed by atoms with Gasteiger partial charge in [0.15, 0.2) is 0 Å². The van der Waals surface area contributed by atoms with Crippen molar-refractivity contribution in [2.24, 2.45) is 5.92 Å². The normalized spacial score (nSPS) is 14.5. The Hall–Kier alpha value is -3.02. The lowest BCUT2D eigenvalue weighted by atomic mass is 9.89. The minimum absolute atomic E-state index is 0.118. The van der Waals surface area contributed by atoms with Gasteiger partial charge in [-0.15, -0.1) is 0 Å². The maximum atomic E-state index is 12.5. The van der Waals surface area contributed by atoms with Crippen LogP contribution in [0.1, 0.15) is 64.1 Å². The van der Waals surface area contributed by atoms with Crippen LogP contribution in [0, 0.1) is 5.92 Å². The Bertz CT molecular complexity index is 1100. The molecule has 0 saturated heterocycles. The number of benzene rings is 1. The van der Waals surface area contributed by atoms with Gasteiger partial charge in [-0.1, -0.05) is 31.4 Å². The van der Waals surface area contributed by atoms with E-state index in [1.54, 1.807) is 11.1 Å². The van der Waals surface area contributed by atoms with E-state index in [9.17, 15) is 4.79 Å². The molecule has 2 amide bonds. The molecule has 0 spiro atoms. The van der Waals surface area contributed by atoms with Gasteiger partial charge in [-0.25, -0.2) is 9.78 Å². The minimum Gasteiger partial charge on any atom is -0.494 e. The second-order valence-electron chi connectivity index (χ2n) is 9.78. The van der Waals surface area contributed by atoms with Crippen LogP contribution in [0.2, 0.25) is 0 Å². The second kappa shape index (κ2) is 10.9. The number of amides is 2. The maximum absolute atomic E-state index is 12.5. The van der Waals surface area contributed by atoms with Gasteiger partial charge in [0.1, 0.15) is 11.4 Å². The number of ether oxygens (including phenoxy) is 1. The number of rotatable bonds is 8. The van der Waals surface area contributed by atoms with Gasteiger partial charge >= 0.3 is 6.03 Å². The number of carbonyl (C=O) groups is 1. The lowest BCUT2D eigenvalue weighted by Crippen LogP contribution is -2.36. The summed E-state index contributed by atoms with van der Waals surface area (Å²) in [5.74, 6) is 1.60. The van der Waals surface area contributed by atoms with E-state index in [0.29, 0.717) is 12.5 Å². The molecule has 1 aliphatic rings. The molecule has 1 aromatic carbocycles. The molecule has 3 aromatic rings. The highest BCUT2D eigenvalue weighted by Gasteiger charge is 2.19. The molecule has 1 N–H and O–H groups in total. The Balaban J connectivity index is 1.62. The first-order valence-corrected chi connectivity index (χ1v) is 12.7. The van der Waals surface area contributed by atoms with Crippen molar-refractivity contribution in [3.63, 3.8) is 0 Å². The van der Waals surface area contributed by atoms with Crippen molar-refractivity contribution in [2.45, 2.75) is 71.9 Å². The van der Waals surface area contributed by atoms with Crippen LogP contribution in [0.15, 0.2) is 42.6 Å². The highest BCUT2D eigenvalue weighted by Crippen LogP contribution is 2.30. The summed E-state index contributed by atoms with van der Waals surface area (Å²) in [6.07, 6.45) is 9.21. The minimum atomic E-state index is -0.118. The van der Waals surface area contributed by atoms with Crippen molar-refractivity contribution in [3.8, 4) is 5.75 Å². The highest BCUT2D eigenvalue weighted by atomic mass is 16.5. The van der Waals surface area contributed by atoms with E-state index >= 15 is 0 Å². The third kappa shape index (κ3) is 5.72. The molecule has 6 nitrogen and oxygen atoms in total. The van der Waals surface area contributed by atoms with E-state index in [1.807, 2.05) is 46.0 Å². The molecule has 1 saturated carbocycles. The van der Waals surface area contributed by atoms with E-state index in [4.69, 9.17) is 9.72 Å². The van der Waals surface area contributed by atoms with Crippen LogP contribution in [0.5, 0.6) is 5.75 Å². The zero-order valence-corrected chi connectivity index (χ0v) is 21.0. The van der Waals surface area contributed by atoms with E-state index in [2.05, 4.69) is 28.1 Å². The van der Waals surface area contributed by atoms with Crippen molar-refractivity contribution in [2.75, 3.05) is 19.0 Å². The Morgan fingerprint density at radius 1 is 1.18 bits per heavy atom. The van der Waals surface area contributed by atoms with Crippen LogP contribution in [0.3, 0.4) is 0 Å². The van der Waals surface area contributed by atoms with Gasteiger partial charge in [-0.2, -0.15) is 0 Å². The van der Waals surface area contributed by atoms with Crippen LogP contribution in [-0.4, -0.2) is 40.2 Å². The summed E-state index contributed by atoms with van der Waals surface area (Å²) < 4.78 is 8.02. The Labute approximate surface area is 203 Å². The fourth-order valence-electron chi connectivity index (χ4n) is 4.77. The molecule has 34 heavy (non-hydrogen) atoms. The Morgan fingerprint density at radius 2 is 1.91 bits per heavy atom. The SMILES string of the molecule is CCOc1ccc(Cc2cc3cc(NC(=O)N(C)C(C)C)cnc3n2CC2CCCCC2)cc1. The van der Waals surface area contributed by atoms with E-state index < -0.39 is 0 Å². The summed E-state index contributed by atoms with van der Waals surface area (Å²) in [6.45, 7) is 7.68. The predicted octanol–water partition coefficient (Wildman–Crippen LogP) is 6.48. The van der Waals surface area contributed by atoms with Gasteiger partial charge in [0.25, 0.3) is 0 Å². The quantitative estimate of drug-likeness (QED) is 0.417. The number of hydrogen-bond donors (Lipinski definition) is 1. The fraction of sp³-hybridized carbons (Fsp3) is 0.500. The number of carbonyl (C=O) groups excluding carboxylic acids is 1. The Morgan fingerprint density at radius 3 is 2.59 bits per heavy atom. The molecule has 1 fully saturated rings. The number of hydrogen-bond acceptors (Lipinski definition) is 3. The number of nitrogens with one attached hydrogen (secondary N) is 1. The molecule has 4 rings (SSSR count). The fourth-order valence-corrected chi connectivity index (χ4v) is 4.77. The van der Waals surface area contributed by atoms with Crippen LogP contribution < -0.4 is 10.1 Å². The van der Waals surface area contributed by atoms with Crippen LogP contribution in [-0.2, 0) is 13.0 Å². The third-order valence-corrected chi connectivity index (χ3v) is 6.95. The van der Waals surface area contributed by atoms with E-state index in [1.165, 1.54) is 43.4 Å². The first-order chi connectivity index (χ1) is 16.4. The average Bonchev–Trinajstić information content (AvgIpc) is 3.16. The summed E-state index contributed by atoms with van der Waals surface area (Å²) in [7, 11) is 1.81. The van der Waals surface area contributed by atoms with Gasteiger partial charge in [-0.3, -0.25) is 0 Å². The standard InChI is InChI=1S/C28H38N4O2/c1-5-34-26-13-11-21(12-14-26)15-25-17-23-16-24(30-28(33)31(4)20(2)3)18-29-27(23)32(25)19-22-9-7-6-8-10-22/h11-14,16-18,20,22H,5-10,15,19H2,1-4H3,(H,30,33). The third-order valence-electron chi connectivity index (χ3n) is 6.95. The van der Waals surface area contributed by atoms with Gasteiger partial charge in [0.2, 0.25) is 0 Å². The number of aromatic nitrogens is 2. The molecule has 0 unspecified atom stereocenters. The Kier molecular flexibility index (Phi) is 7.76. The van der Waals surface area contributed by atoms with E-state index in [0.717, 1.165) is 35.4 Å². The van der Waals surface area contributed by atoms with Crippen LogP contribution in [0.4, 0.5) is 10.5 Å². The lowest BCUT2D eigenvalue weighted by Gasteiger charge is -2.23. The molecule has 2 aromatic heterocycles. The largest absolute Gasteiger partial charge is 0.494 e. The first-order valence-electron chi connectivity index (χ1n) is 12.7. The van der Waals surface area contributed by atoms with Crippen LogP contribution >= 0.6 is 0 Å². The molecule has 1 aliphatic carbocycles.